The number of carbonyl (C=O) groups excluding carboxylic acids is 1. The zero-order valence-corrected chi connectivity index (χ0v) is 16.3. The molecule has 0 amide bonds. The van der Waals surface area contributed by atoms with Gasteiger partial charge in [-0.1, -0.05) is 24.3 Å². The summed E-state index contributed by atoms with van der Waals surface area (Å²) in [6.45, 7) is 0. The van der Waals surface area contributed by atoms with Crippen molar-refractivity contribution in [3.63, 3.8) is 0 Å². The van der Waals surface area contributed by atoms with Crippen molar-refractivity contribution >= 4 is 22.6 Å². The van der Waals surface area contributed by atoms with Gasteiger partial charge in [-0.3, -0.25) is 4.79 Å². The fourth-order valence-electron chi connectivity index (χ4n) is 3.17. The minimum absolute atomic E-state index is 0.0252. The van der Waals surface area contributed by atoms with Crippen LogP contribution in [0.4, 0.5) is 5.69 Å². The smallest absolute Gasteiger partial charge is 0.343 e. The van der Waals surface area contributed by atoms with Crippen molar-refractivity contribution in [2.24, 2.45) is 0 Å². The first-order chi connectivity index (χ1) is 15.0. The van der Waals surface area contributed by atoms with Crippen LogP contribution in [-0.4, -0.2) is 18.3 Å². The molecule has 1 heterocycles. The number of methoxy groups -OCH3 is 1. The number of rotatable bonds is 5. The molecule has 1 atom stereocenters. The van der Waals surface area contributed by atoms with Gasteiger partial charge in [-0.15, -0.1) is 0 Å². The van der Waals surface area contributed by atoms with Crippen molar-refractivity contribution in [1.29, 1.82) is 0 Å². The van der Waals surface area contributed by atoms with Gasteiger partial charge in [-0.05, 0) is 24.3 Å². The van der Waals surface area contributed by atoms with E-state index in [1.807, 2.05) is 0 Å². The number of benzene rings is 3. The lowest BCUT2D eigenvalue weighted by atomic mass is 10.0. The van der Waals surface area contributed by atoms with Gasteiger partial charge in [0.25, 0.3) is 0 Å². The van der Waals surface area contributed by atoms with Crippen molar-refractivity contribution in [3.8, 4) is 22.6 Å². The number of ether oxygens (including phenoxy) is 2. The van der Waals surface area contributed by atoms with Crippen molar-refractivity contribution < 1.29 is 29.1 Å². The summed E-state index contributed by atoms with van der Waals surface area (Å²) < 4.78 is 16.3. The Morgan fingerprint density at radius 2 is 1.84 bits per heavy atom. The molecule has 0 radical (unpaired) electrons. The van der Waals surface area contributed by atoms with Gasteiger partial charge < -0.3 is 19.1 Å². The molecule has 2 N–H and O–H groups in total. The van der Waals surface area contributed by atoms with Crippen LogP contribution in [0.5, 0.6) is 11.5 Å². The highest BCUT2D eigenvalue weighted by Crippen LogP contribution is 2.29. The Hall–Kier alpha value is -3.98. The number of fused-ring (bicyclic) bond motifs is 1. The Morgan fingerprint density at radius 1 is 1.03 bits per heavy atom. The molecule has 156 valence electrons. The summed E-state index contributed by atoms with van der Waals surface area (Å²) in [6, 6.07) is 17.0. The number of esters is 1. The van der Waals surface area contributed by atoms with Crippen LogP contribution in [0.1, 0.15) is 10.4 Å². The standard InChI is InChI=1S/C23H17NO7/c1-29-20-8-3-2-7-17(20)19-13-30-21-12-16(9-10-18(21)22(19)25)31-23(26)14-5-4-6-15(11-14)24(27)28/h2-13,24,27H,1H3. The van der Waals surface area contributed by atoms with Crippen LogP contribution in [-0.2, 0) is 0 Å². The Balaban J connectivity index is 1.66. The fraction of sp³-hybridized carbons (Fsp3) is 0.0435. The molecule has 0 saturated carbocycles. The first kappa shape index (κ1) is 20.3. The van der Waals surface area contributed by atoms with E-state index in [9.17, 15) is 14.8 Å². The van der Waals surface area contributed by atoms with Crippen LogP contribution in [0.15, 0.2) is 82.2 Å². The summed E-state index contributed by atoms with van der Waals surface area (Å²) in [5.74, 6) is -0.0230. The molecular formula is C23H17NO7. The Morgan fingerprint density at radius 3 is 2.61 bits per heavy atom. The first-order valence-electron chi connectivity index (χ1n) is 9.22. The SMILES string of the molecule is COc1ccccc1-c1coc2cc(OC(=O)c3cccc([NH+]([O-])O)c3)ccc2c1=O. The molecule has 0 spiro atoms. The zero-order valence-electron chi connectivity index (χ0n) is 16.3. The van der Waals surface area contributed by atoms with Gasteiger partial charge in [0.2, 0.25) is 5.43 Å². The summed E-state index contributed by atoms with van der Waals surface area (Å²) in [6.07, 6.45) is 1.34. The molecular weight excluding hydrogens is 402 g/mol. The molecule has 31 heavy (non-hydrogen) atoms. The summed E-state index contributed by atoms with van der Waals surface area (Å²) >= 11 is 0. The molecule has 1 unspecified atom stereocenters. The van der Waals surface area contributed by atoms with Crippen LogP contribution >= 0.6 is 0 Å². The zero-order chi connectivity index (χ0) is 22.0. The number of hydrogen-bond donors (Lipinski definition) is 2. The van der Waals surface area contributed by atoms with Crippen LogP contribution in [0.2, 0.25) is 0 Å². The minimum Gasteiger partial charge on any atom is -0.595 e. The molecule has 3 aromatic carbocycles. The van der Waals surface area contributed by atoms with Crippen LogP contribution in [0.3, 0.4) is 0 Å². The van der Waals surface area contributed by atoms with E-state index in [1.54, 1.807) is 24.3 Å². The monoisotopic (exact) mass is 419 g/mol. The lowest BCUT2D eigenvalue weighted by Gasteiger charge is -2.12. The Kier molecular flexibility index (Phi) is 5.50. The van der Waals surface area contributed by atoms with E-state index in [0.29, 0.717) is 22.3 Å². The highest BCUT2D eigenvalue weighted by Gasteiger charge is 2.15. The third-order valence-electron chi connectivity index (χ3n) is 4.70. The lowest BCUT2D eigenvalue weighted by molar-refractivity contribution is -0.991. The second-order valence-corrected chi connectivity index (χ2v) is 6.61. The molecule has 8 nitrogen and oxygen atoms in total. The van der Waals surface area contributed by atoms with Gasteiger partial charge in [0, 0.05) is 23.8 Å². The second-order valence-electron chi connectivity index (χ2n) is 6.61. The normalized spacial score (nSPS) is 11.8. The number of quaternary nitrogens is 1. The maximum atomic E-state index is 13.0. The highest BCUT2D eigenvalue weighted by atomic mass is 16.8. The molecule has 0 aliphatic carbocycles. The average Bonchev–Trinajstić information content (AvgIpc) is 2.79. The van der Waals surface area contributed by atoms with Gasteiger partial charge in [0.1, 0.15) is 23.3 Å². The summed E-state index contributed by atoms with van der Waals surface area (Å²) in [5, 5.41) is 19.3. The topological polar surface area (TPSA) is 113 Å². The first-order valence-corrected chi connectivity index (χ1v) is 9.22. The number of para-hydroxylation sites is 1. The third-order valence-corrected chi connectivity index (χ3v) is 4.70. The van der Waals surface area contributed by atoms with Crippen LogP contribution in [0.25, 0.3) is 22.1 Å². The van der Waals surface area contributed by atoms with Gasteiger partial charge in [0.15, 0.2) is 5.69 Å². The third kappa shape index (κ3) is 4.03. The predicted molar refractivity (Wildman–Crippen MR) is 112 cm³/mol. The van der Waals surface area contributed by atoms with Crippen molar-refractivity contribution in [2.45, 2.75) is 0 Å². The van der Waals surface area contributed by atoms with Gasteiger partial charge in [-0.25, -0.2) is 10.0 Å². The largest absolute Gasteiger partial charge is 0.595 e. The van der Waals surface area contributed by atoms with Gasteiger partial charge in [-0.2, -0.15) is 5.23 Å². The summed E-state index contributed by atoms with van der Waals surface area (Å²) in [7, 11) is 1.52. The molecule has 4 aromatic rings. The van der Waals surface area contributed by atoms with E-state index in [-0.39, 0.29) is 28.0 Å². The Bertz CT molecular complexity index is 1330. The average molecular weight is 419 g/mol. The molecule has 4 rings (SSSR count). The van der Waals surface area contributed by atoms with Gasteiger partial charge in [0.05, 0.1) is 23.6 Å². The van der Waals surface area contributed by atoms with E-state index in [0.717, 1.165) is 0 Å². The molecule has 0 aliphatic rings. The predicted octanol–water partition coefficient (Wildman–Crippen LogP) is 3.09. The van der Waals surface area contributed by atoms with Gasteiger partial charge >= 0.3 is 5.97 Å². The summed E-state index contributed by atoms with van der Waals surface area (Å²) in [5.41, 5.74) is 1.01. The highest BCUT2D eigenvalue weighted by molar-refractivity contribution is 5.92. The fourth-order valence-corrected chi connectivity index (χ4v) is 3.17. The molecule has 8 heteroatoms. The quantitative estimate of drug-likeness (QED) is 0.290. The van der Waals surface area contributed by atoms with Crippen molar-refractivity contribution in [1.82, 2.24) is 0 Å². The number of nitrogens with one attached hydrogen (secondary N) is 1. The maximum Gasteiger partial charge on any atom is 0.343 e. The summed E-state index contributed by atoms with van der Waals surface area (Å²) in [4.78, 5) is 25.4. The van der Waals surface area contributed by atoms with Crippen molar-refractivity contribution in [3.05, 3.63) is 94.0 Å². The minimum atomic E-state index is -1.15. The van der Waals surface area contributed by atoms with Crippen LogP contribution < -0.4 is 20.1 Å². The molecule has 0 saturated heterocycles. The van der Waals surface area contributed by atoms with Crippen molar-refractivity contribution in [2.75, 3.05) is 7.11 Å². The molecule has 0 bridgehead atoms. The molecule has 0 fully saturated rings. The van der Waals surface area contributed by atoms with E-state index in [2.05, 4.69) is 0 Å². The van der Waals surface area contributed by atoms with E-state index in [4.69, 9.17) is 19.1 Å². The maximum absolute atomic E-state index is 13.0. The lowest BCUT2D eigenvalue weighted by Crippen LogP contribution is -2.99. The Labute approximate surface area is 176 Å². The van der Waals surface area contributed by atoms with Crippen LogP contribution in [0, 0.1) is 5.21 Å². The molecule has 1 aromatic heterocycles. The van der Waals surface area contributed by atoms with E-state index >= 15 is 0 Å². The molecule has 0 aliphatic heterocycles. The van der Waals surface area contributed by atoms with E-state index in [1.165, 1.54) is 55.8 Å². The van der Waals surface area contributed by atoms with E-state index < -0.39 is 11.2 Å². The number of hydrogen-bond acceptors (Lipinski definition) is 7. The second kappa shape index (κ2) is 8.41. The number of carbonyl (C=O) groups is 1.